The highest BCUT2D eigenvalue weighted by molar-refractivity contribution is 5.89. The van der Waals surface area contributed by atoms with Crippen molar-refractivity contribution < 1.29 is 19.8 Å². The van der Waals surface area contributed by atoms with Gasteiger partial charge in [0, 0.05) is 0 Å². The largest absolute Gasteiger partial charge is 0.481 e. The molecular formula is C10H17NO4. The molecule has 0 aromatic rings. The quantitative estimate of drug-likeness (QED) is 0.594. The fourth-order valence-corrected chi connectivity index (χ4v) is 1.47. The van der Waals surface area contributed by atoms with Crippen LogP contribution in [-0.4, -0.2) is 34.7 Å². The fourth-order valence-electron chi connectivity index (χ4n) is 1.47. The van der Waals surface area contributed by atoms with E-state index >= 15 is 0 Å². The molecular weight excluding hydrogens is 198 g/mol. The van der Waals surface area contributed by atoms with Crippen molar-refractivity contribution in [3.05, 3.63) is 0 Å². The second-order valence-electron chi connectivity index (χ2n) is 4.33. The van der Waals surface area contributed by atoms with E-state index in [1.54, 1.807) is 0 Å². The van der Waals surface area contributed by atoms with Gasteiger partial charge < -0.3 is 15.5 Å². The average molecular weight is 215 g/mol. The number of aliphatic hydroxyl groups is 1. The van der Waals surface area contributed by atoms with Gasteiger partial charge in [0.1, 0.15) is 0 Å². The maximum absolute atomic E-state index is 11.5. The van der Waals surface area contributed by atoms with Gasteiger partial charge in [0.25, 0.3) is 0 Å². The minimum atomic E-state index is -0.916. The molecule has 1 amide bonds. The number of rotatable bonds is 5. The van der Waals surface area contributed by atoms with Crippen LogP contribution >= 0.6 is 0 Å². The first-order valence-electron chi connectivity index (χ1n) is 5.11. The molecule has 5 nitrogen and oxygen atoms in total. The predicted octanol–water partition coefficient (Wildman–Crippen LogP) is -0.160. The molecule has 0 saturated heterocycles. The third kappa shape index (κ3) is 2.92. The number of aliphatic hydroxyl groups excluding tert-OH is 1. The highest BCUT2D eigenvalue weighted by atomic mass is 16.4. The van der Waals surface area contributed by atoms with E-state index in [1.165, 1.54) is 0 Å². The molecule has 1 aliphatic rings. The average Bonchev–Trinajstić information content (AvgIpc) is 2.92. The van der Waals surface area contributed by atoms with Crippen molar-refractivity contribution in [3.8, 4) is 0 Å². The molecule has 3 unspecified atom stereocenters. The molecule has 86 valence electrons. The summed E-state index contributed by atoms with van der Waals surface area (Å²) < 4.78 is 0. The van der Waals surface area contributed by atoms with Crippen LogP contribution in [-0.2, 0) is 9.59 Å². The van der Waals surface area contributed by atoms with Crippen LogP contribution < -0.4 is 5.32 Å². The first-order valence-corrected chi connectivity index (χ1v) is 5.11. The van der Waals surface area contributed by atoms with Gasteiger partial charge >= 0.3 is 5.97 Å². The lowest BCUT2D eigenvalue weighted by Crippen LogP contribution is -2.42. The summed E-state index contributed by atoms with van der Waals surface area (Å²) in [6.07, 6.45) is 0.414. The van der Waals surface area contributed by atoms with Gasteiger partial charge in [0.05, 0.1) is 24.5 Å². The molecule has 0 spiro atoms. The monoisotopic (exact) mass is 215 g/mol. The van der Waals surface area contributed by atoms with E-state index in [4.69, 9.17) is 10.2 Å². The number of carbonyl (C=O) groups is 2. The lowest BCUT2D eigenvalue weighted by atomic mass is 10.1. The minimum Gasteiger partial charge on any atom is -0.481 e. The molecule has 1 fully saturated rings. The smallest absolute Gasteiger partial charge is 0.307 e. The zero-order valence-electron chi connectivity index (χ0n) is 8.93. The normalized spacial score (nSPS) is 26.1. The van der Waals surface area contributed by atoms with Crippen LogP contribution in [0.15, 0.2) is 0 Å². The topological polar surface area (TPSA) is 86.6 Å². The summed E-state index contributed by atoms with van der Waals surface area (Å²) in [7, 11) is 0. The van der Waals surface area contributed by atoms with Crippen LogP contribution in [0.1, 0.15) is 20.3 Å². The zero-order chi connectivity index (χ0) is 11.6. The third-order valence-corrected chi connectivity index (χ3v) is 2.77. The SMILES string of the molecule is CC(C)C(CO)NC(=O)C1CC1C(=O)O. The lowest BCUT2D eigenvalue weighted by Gasteiger charge is -2.19. The van der Waals surface area contributed by atoms with Crippen molar-refractivity contribution in [1.29, 1.82) is 0 Å². The highest BCUT2D eigenvalue weighted by Crippen LogP contribution is 2.38. The molecule has 5 heteroatoms. The molecule has 3 N–H and O–H groups in total. The summed E-state index contributed by atoms with van der Waals surface area (Å²) in [5, 5.41) is 20.3. The van der Waals surface area contributed by atoms with Gasteiger partial charge in [0.15, 0.2) is 0 Å². The number of carboxylic acids is 1. The Morgan fingerprint density at radius 3 is 2.33 bits per heavy atom. The van der Waals surface area contributed by atoms with Crippen LogP contribution in [0.4, 0.5) is 0 Å². The Labute approximate surface area is 88.5 Å². The van der Waals surface area contributed by atoms with Crippen molar-refractivity contribution >= 4 is 11.9 Å². The highest BCUT2D eigenvalue weighted by Gasteiger charge is 2.48. The van der Waals surface area contributed by atoms with E-state index in [1.807, 2.05) is 13.8 Å². The van der Waals surface area contributed by atoms with Gasteiger partial charge in [-0.3, -0.25) is 9.59 Å². The third-order valence-electron chi connectivity index (χ3n) is 2.77. The number of nitrogens with one attached hydrogen (secondary N) is 1. The van der Waals surface area contributed by atoms with Gasteiger partial charge in [-0.2, -0.15) is 0 Å². The molecule has 0 bridgehead atoms. The lowest BCUT2D eigenvalue weighted by molar-refractivity contribution is -0.140. The molecule has 1 aliphatic carbocycles. The maximum Gasteiger partial charge on any atom is 0.307 e. The van der Waals surface area contributed by atoms with E-state index in [2.05, 4.69) is 5.32 Å². The Kier molecular flexibility index (Phi) is 3.68. The van der Waals surface area contributed by atoms with E-state index in [9.17, 15) is 9.59 Å². The first kappa shape index (κ1) is 12.0. The first-order chi connectivity index (χ1) is 6.97. The Bertz CT molecular complexity index is 264. The Morgan fingerprint density at radius 1 is 1.40 bits per heavy atom. The van der Waals surface area contributed by atoms with Gasteiger partial charge in [0.2, 0.25) is 5.91 Å². The molecule has 1 saturated carbocycles. The number of amides is 1. The molecule has 1 rings (SSSR count). The van der Waals surface area contributed by atoms with E-state index in [0.29, 0.717) is 6.42 Å². The standard InChI is InChI=1S/C10H17NO4/c1-5(2)8(4-12)11-9(13)6-3-7(6)10(14)15/h5-8,12H,3-4H2,1-2H3,(H,11,13)(H,14,15). The van der Waals surface area contributed by atoms with Crippen molar-refractivity contribution in [1.82, 2.24) is 5.32 Å². The van der Waals surface area contributed by atoms with Gasteiger partial charge in [-0.1, -0.05) is 13.8 Å². The number of carboxylic acid groups (broad SMARTS) is 1. The molecule has 0 aliphatic heterocycles. The van der Waals surface area contributed by atoms with Crippen LogP contribution in [0.3, 0.4) is 0 Å². The summed E-state index contributed by atoms with van der Waals surface area (Å²) in [5.74, 6) is -1.97. The Hall–Kier alpha value is -1.10. The fraction of sp³-hybridized carbons (Fsp3) is 0.800. The molecule has 0 heterocycles. The maximum atomic E-state index is 11.5. The second kappa shape index (κ2) is 4.61. The number of aliphatic carboxylic acids is 1. The van der Waals surface area contributed by atoms with Gasteiger partial charge in [-0.25, -0.2) is 0 Å². The summed E-state index contributed by atoms with van der Waals surface area (Å²) >= 11 is 0. The Morgan fingerprint density at radius 2 is 2.00 bits per heavy atom. The van der Waals surface area contributed by atoms with Crippen molar-refractivity contribution in [3.63, 3.8) is 0 Å². The molecule has 3 atom stereocenters. The van der Waals surface area contributed by atoms with E-state index in [0.717, 1.165) is 0 Å². The summed E-state index contributed by atoms with van der Waals surface area (Å²) in [4.78, 5) is 22.0. The summed E-state index contributed by atoms with van der Waals surface area (Å²) in [6, 6.07) is -0.285. The number of hydrogen-bond donors (Lipinski definition) is 3. The van der Waals surface area contributed by atoms with E-state index < -0.39 is 17.8 Å². The number of hydrogen-bond acceptors (Lipinski definition) is 3. The van der Waals surface area contributed by atoms with Gasteiger partial charge in [-0.05, 0) is 12.3 Å². The molecule has 0 aromatic carbocycles. The zero-order valence-corrected chi connectivity index (χ0v) is 8.93. The van der Waals surface area contributed by atoms with Gasteiger partial charge in [-0.15, -0.1) is 0 Å². The van der Waals surface area contributed by atoms with Crippen LogP contribution in [0.25, 0.3) is 0 Å². The van der Waals surface area contributed by atoms with Crippen molar-refractivity contribution in [2.24, 2.45) is 17.8 Å². The van der Waals surface area contributed by atoms with E-state index in [-0.39, 0.29) is 24.5 Å². The second-order valence-corrected chi connectivity index (χ2v) is 4.33. The molecule has 0 aromatic heterocycles. The summed E-state index contributed by atoms with van der Waals surface area (Å²) in [6.45, 7) is 3.67. The predicted molar refractivity (Wildman–Crippen MR) is 53.1 cm³/mol. The van der Waals surface area contributed by atoms with Crippen LogP contribution in [0.2, 0.25) is 0 Å². The van der Waals surface area contributed by atoms with Crippen LogP contribution in [0, 0.1) is 17.8 Å². The Balaban J connectivity index is 2.40. The number of carbonyl (C=O) groups excluding carboxylic acids is 1. The van der Waals surface area contributed by atoms with Crippen molar-refractivity contribution in [2.75, 3.05) is 6.61 Å². The summed E-state index contributed by atoms with van der Waals surface area (Å²) in [5.41, 5.74) is 0. The molecule has 0 radical (unpaired) electrons. The molecule has 15 heavy (non-hydrogen) atoms. The van der Waals surface area contributed by atoms with Crippen LogP contribution in [0.5, 0.6) is 0 Å². The minimum absolute atomic E-state index is 0.117. The van der Waals surface area contributed by atoms with Crippen molar-refractivity contribution in [2.45, 2.75) is 26.3 Å².